The summed E-state index contributed by atoms with van der Waals surface area (Å²) in [5.41, 5.74) is 5.51. The van der Waals surface area contributed by atoms with Gasteiger partial charge >= 0.3 is 0 Å². The van der Waals surface area contributed by atoms with Gasteiger partial charge in [-0.05, 0) is 26.3 Å². The molecule has 2 N–H and O–H groups in total. The molecule has 2 rings (SSSR count). The Kier molecular flexibility index (Phi) is 3.07. The molecule has 1 aromatic heterocycles. The minimum atomic E-state index is -2.88. The van der Waals surface area contributed by atoms with Gasteiger partial charge < -0.3 is 5.73 Å². The van der Waals surface area contributed by atoms with Crippen molar-refractivity contribution in [1.82, 2.24) is 4.98 Å². The predicted molar refractivity (Wildman–Crippen MR) is 65.3 cm³/mol. The van der Waals surface area contributed by atoms with Crippen molar-refractivity contribution in [3.05, 3.63) is 16.1 Å². The summed E-state index contributed by atoms with van der Waals surface area (Å²) in [6.07, 6.45) is 3.26. The van der Waals surface area contributed by atoms with Crippen molar-refractivity contribution >= 4 is 21.2 Å². The van der Waals surface area contributed by atoms with E-state index in [1.807, 2.05) is 13.1 Å². The minimum Gasteiger partial charge on any atom is -0.330 e. The SMILES string of the molecule is Cc1ncc(CC2(CN)CCS(=O)(=O)C2)s1. The number of rotatable bonds is 3. The van der Waals surface area contributed by atoms with Crippen LogP contribution >= 0.6 is 11.3 Å². The Labute approximate surface area is 99.8 Å². The van der Waals surface area contributed by atoms with Gasteiger partial charge in [0.25, 0.3) is 0 Å². The van der Waals surface area contributed by atoms with Crippen LogP contribution in [0.2, 0.25) is 0 Å². The molecule has 0 bridgehead atoms. The van der Waals surface area contributed by atoms with Crippen molar-refractivity contribution in [2.75, 3.05) is 18.1 Å². The molecular weight excluding hydrogens is 244 g/mol. The fourth-order valence-electron chi connectivity index (χ4n) is 2.21. The lowest BCUT2D eigenvalue weighted by Gasteiger charge is -2.24. The molecule has 6 heteroatoms. The van der Waals surface area contributed by atoms with E-state index in [-0.39, 0.29) is 16.9 Å². The van der Waals surface area contributed by atoms with Crippen LogP contribution in [0, 0.1) is 12.3 Å². The second-order valence-corrected chi connectivity index (χ2v) is 8.07. The monoisotopic (exact) mass is 260 g/mol. The lowest BCUT2D eigenvalue weighted by Crippen LogP contribution is -2.33. The smallest absolute Gasteiger partial charge is 0.150 e. The van der Waals surface area contributed by atoms with Crippen LogP contribution in [0.25, 0.3) is 0 Å². The third kappa shape index (κ3) is 2.44. The Bertz CT molecular complexity index is 481. The first-order valence-electron chi connectivity index (χ1n) is 5.27. The first-order valence-corrected chi connectivity index (χ1v) is 7.90. The van der Waals surface area contributed by atoms with Crippen LogP contribution in [0.1, 0.15) is 16.3 Å². The van der Waals surface area contributed by atoms with E-state index < -0.39 is 9.84 Å². The first kappa shape index (κ1) is 12.0. The van der Waals surface area contributed by atoms with Crippen molar-refractivity contribution in [3.63, 3.8) is 0 Å². The summed E-state index contributed by atoms with van der Waals surface area (Å²) in [6, 6.07) is 0. The molecule has 1 aliphatic rings. The summed E-state index contributed by atoms with van der Waals surface area (Å²) >= 11 is 1.63. The highest BCUT2D eigenvalue weighted by atomic mass is 32.2. The highest BCUT2D eigenvalue weighted by Gasteiger charge is 2.41. The van der Waals surface area contributed by atoms with Gasteiger partial charge in [-0.2, -0.15) is 0 Å². The molecule has 0 radical (unpaired) electrons. The summed E-state index contributed by atoms with van der Waals surface area (Å²) < 4.78 is 23.1. The van der Waals surface area contributed by atoms with Crippen molar-refractivity contribution in [3.8, 4) is 0 Å². The van der Waals surface area contributed by atoms with Gasteiger partial charge in [-0.3, -0.25) is 0 Å². The zero-order chi connectivity index (χ0) is 11.8. The van der Waals surface area contributed by atoms with Crippen molar-refractivity contribution in [1.29, 1.82) is 0 Å². The fourth-order valence-corrected chi connectivity index (χ4v) is 5.37. The van der Waals surface area contributed by atoms with Crippen LogP contribution < -0.4 is 5.73 Å². The van der Waals surface area contributed by atoms with Crippen molar-refractivity contribution in [2.24, 2.45) is 11.1 Å². The number of hydrogen-bond acceptors (Lipinski definition) is 5. The highest BCUT2D eigenvalue weighted by molar-refractivity contribution is 7.91. The van der Waals surface area contributed by atoms with Crippen LogP contribution in [0.4, 0.5) is 0 Å². The standard InChI is InChI=1S/C10H16N2O2S2/c1-8-12-5-9(15-8)4-10(6-11)2-3-16(13,14)7-10/h5H,2-4,6-7,11H2,1H3. The number of nitrogens with zero attached hydrogens (tertiary/aromatic N) is 1. The van der Waals surface area contributed by atoms with E-state index in [4.69, 9.17) is 5.73 Å². The summed E-state index contributed by atoms with van der Waals surface area (Å²) in [7, 11) is -2.88. The number of nitrogens with two attached hydrogens (primary N) is 1. The van der Waals surface area contributed by atoms with Crippen LogP contribution in [0.5, 0.6) is 0 Å². The van der Waals surface area contributed by atoms with Gasteiger partial charge in [-0.1, -0.05) is 0 Å². The maximum absolute atomic E-state index is 11.5. The molecule has 1 unspecified atom stereocenters. The molecule has 90 valence electrons. The molecule has 1 saturated heterocycles. The highest BCUT2D eigenvalue weighted by Crippen LogP contribution is 2.35. The molecule has 1 atom stereocenters. The number of aryl methyl sites for hydroxylation is 1. The van der Waals surface area contributed by atoms with E-state index >= 15 is 0 Å². The van der Waals surface area contributed by atoms with Gasteiger partial charge in [0.1, 0.15) is 0 Å². The van der Waals surface area contributed by atoms with Gasteiger partial charge in [-0.25, -0.2) is 13.4 Å². The van der Waals surface area contributed by atoms with E-state index in [2.05, 4.69) is 4.98 Å². The van der Waals surface area contributed by atoms with E-state index in [9.17, 15) is 8.42 Å². The summed E-state index contributed by atoms with van der Waals surface area (Å²) in [6.45, 7) is 2.39. The van der Waals surface area contributed by atoms with Gasteiger partial charge in [0.05, 0.1) is 16.5 Å². The number of sulfone groups is 1. The third-order valence-electron chi connectivity index (χ3n) is 3.12. The van der Waals surface area contributed by atoms with E-state index in [0.29, 0.717) is 13.0 Å². The summed E-state index contributed by atoms with van der Waals surface area (Å²) in [5, 5.41) is 1.02. The molecule has 0 aromatic carbocycles. The molecule has 1 fully saturated rings. The van der Waals surface area contributed by atoms with Gasteiger partial charge in [0, 0.05) is 16.5 Å². The average molecular weight is 260 g/mol. The van der Waals surface area contributed by atoms with Crippen LogP contribution in [0.15, 0.2) is 6.20 Å². The zero-order valence-corrected chi connectivity index (χ0v) is 10.9. The summed E-state index contributed by atoms with van der Waals surface area (Å²) in [5.74, 6) is 0.509. The van der Waals surface area contributed by atoms with Gasteiger partial charge in [0.15, 0.2) is 9.84 Å². The lowest BCUT2D eigenvalue weighted by molar-refractivity contribution is 0.347. The van der Waals surface area contributed by atoms with Crippen LogP contribution in [0.3, 0.4) is 0 Å². The molecule has 4 nitrogen and oxygen atoms in total. The topological polar surface area (TPSA) is 73.0 Å². The normalized spacial score (nSPS) is 28.4. The second-order valence-electron chi connectivity index (χ2n) is 4.57. The maximum Gasteiger partial charge on any atom is 0.150 e. The Balaban J connectivity index is 2.18. The zero-order valence-electron chi connectivity index (χ0n) is 9.27. The van der Waals surface area contributed by atoms with Crippen LogP contribution in [-0.4, -0.2) is 31.5 Å². The average Bonchev–Trinajstić information content (AvgIpc) is 2.72. The van der Waals surface area contributed by atoms with Gasteiger partial charge in [-0.15, -0.1) is 11.3 Å². The molecule has 1 aromatic rings. The van der Waals surface area contributed by atoms with E-state index in [1.165, 1.54) is 0 Å². The molecule has 2 heterocycles. The van der Waals surface area contributed by atoms with Crippen molar-refractivity contribution in [2.45, 2.75) is 19.8 Å². The molecule has 16 heavy (non-hydrogen) atoms. The Morgan fingerprint density at radius 2 is 2.38 bits per heavy atom. The molecule has 0 amide bonds. The molecule has 0 saturated carbocycles. The number of aromatic nitrogens is 1. The Hall–Kier alpha value is -0.460. The Morgan fingerprint density at radius 3 is 2.81 bits per heavy atom. The maximum atomic E-state index is 11.5. The van der Waals surface area contributed by atoms with Gasteiger partial charge in [0.2, 0.25) is 0 Å². The number of hydrogen-bond donors (Lipinski definition) is 1. The van der Waals surface area contributed by atoms with Crippen LogP contribution in [-0.2, 0) is 16.3 Å². The van der Waals surface area contributed by atoms with E-state index in [0.717, 1.165) is 16.3 Å². The lowest BCUT2D eigenvalue weighted by atomic mass is 9.84. The third-order valence-corrected chi connectivity index (χ3v) is 5.91. The minimum absolute atomic E-state index is 0.230. The Morgan fingerprint density at radius 1 is 1.62 bits per heavy atom. The van der Waals surface area contributed by atoms with E-state index in [1.54, 1.807) is 11.3 Å². The predicted octanol–water partition coefficient (Wildman–Crippen LogP) is 0.758. The quantitative estimate of drug-likeness (QED) is 0.870. The molecular formula is C10H16N2O2S2. The fraction of sp³-hybridized carbons (Fsp3) is 0.700. The first-order chi connectivity index (χ1) is 7.45. The molecule has 0 spiro atoms. The largest absolute Gasteiger partial charge is 0.330 e. The second kappa shape index (κ2) is 4.09. The summed E-state index contributed by atoms with van der Waals surface area (Å²) in [4.78, 5) is 5.33. The number of thiazole rings is 1. The molecule has 0 aliphatic carbocycles. The van der Waals surface area contributed by atoms with Crippen molar-refractivity contribution < 1.29 is 8.42 Å². The molecule has 1 aliphatic heterocycles.